The number of aromatic nitrogens is 1. The molecule has 0 aliphatic heterocycles. The highest BCUT2D eigenvalue weighted by atomic mass is 32.1. The lowest BCUT2D eigenvalue weighted by Crippen LogP contribution is -2.35. The number of aliphatic hydroxyl groups excluding tert-OH is 1. The number of hydrogen-bond donors (Lipinski definition) is 2. The van der Waals surface area contributed by atoms with Gasteiger partial charge in [-0.1, -0.05) is 6.92 Å². The highest BCUT2D eigenvalue weighted by molar-refractivity contribution is 7.11. The van der Waals surface area contributed by atoms with Crippen molar-refractivity contribution in [2.24, 2.45) is 0 Å². The van der Waals surface area contributed by atoms with Crippen molar-refractivity contribution in [3.05, 3.63) is 15.6 Å². The number of nitrogens with one attached hydrogen (secondary N) is 1. The van der Waals surface area contributed by atoms with Gasteiger partial charge in [-0.25, -0.2) is 4.98 Å². The lowest BCUT2D eigenvalue weighted by molar-refractivity contribution is 0.281. The lowest BCUT2D eigenvalue weighted by atomic mass is 10.1. The summed E-state index contributed by atoms with van der Waals surface area (Å²) in [5.41, 5.74) is 1.23. The summed E-state index contributed by atoms with van der Waals surface area (Å²) in [6.45, 7) is 9.42. The molecule has 0 spiro atoms. The van der Waals surface area contributed by atoms with Crippen molar-refractivity contribution in [1.29, 1.82) is 0 Å². The van der Waals surface area contributed by atoms with Crippen LogP contribution in [0.25, 0.3) is 0 Å². The molecule has 1 aromatic heterocycles. The predicted octanol–water partition coefficient (Wildman–Crippen LogP) is 2.09. The van der Waals surface area contributed by atoms with E-state index in [2.05, 4.69) is 38.0 Å². The van der Waals surface area contributed by atoms with Gasteiger partial charge >= 0.3 is 0 Å². The molecular weight excluding hydrogens is 208 g/mol. The van der Waals surface area contributed by atoms with E-state index in [0.717, 1.165) is 23.7 Å². The minimum absolute atomic E-state index is 0.0488. The largest absolute Gasteiger partial charge is 0.389 e. The Morgan fingerprint density at radius 1 is 1.40 bits per heavy atom. The van der Waals surface area contributed by atoms with Crippen LogP contribution in [0.3, 0.4) is 0 Å². The molecule has 3 nitrogen and oxygen atoms in total. The fourth-order valence-electron chi connectivity index (χ4n) is 1.26. The van der Waals surface area contributed by atoms with Crippen molar-refractivity contribution in [2.45, 2.75) is 52.8 Å². The standard InChI is InChI=1S/C11H20N2OS/c1-5-8-9(6-12-11(2,3)4)15-10(7-14)13-8/h12,14H,5-7H2,1-4H3. The molecule has 86 valence electrons. The third kappa shape index (κ3) is 3.89. The predicted molar refractivity (Wildman–Crippen MR) is 64.0 cm³/mol. The van der Waals surface area contributed by atoms with Gasteiger partial charge in [0.25, 0.3) is 0 Å². The molecule has 0 saturated carbocycles. The Labute approximate surface area is 95.6 Å². The monoisotopic (exact) mass is 228 g/mol. The van der Waals surface area contributed by atoms with Crippen molar-refractivity contribution in [1.82, 2.24) is 10.3 Å². The van der Waals surface area contributed by atoms with E-state index in [0.29, 0.717) is 0 Å². The van der Waals surface area contributed by atoms with Crippen molar-refractivity contribution in [3.8, 4) is 0 Å². The van der Waals surface area contributed by atoms with Crippen LogP contribution in [0.4, 0.5) is 0 Å². The zero-order chi connectivity index (χ0) is 11.5. The van der Waals surface area contributed by atoms with E-state index in [1.54, 1.807) is 11.3 Å². The van der Waals surface area contributed by atoms with Gasteiger partial charge in [-0.15, -0.1) is 11.3 Å². The van der Waals surface area contributed by atoms with Crippen LogP contribution >= 0.6 is 11.3 Å². The van der Waals surface area contributed by atoms with Gasteiger partial charge in [0.15, 0.2) is 0 Å². The summed E-state index contributed by atoms with van der Waals surface area (Å²) in [7, 11) is 0. The number of nitrogens with zero attached hydrogens (tertiary/aromatic N) is 1. The smallest absolute Gasteiger partial charge is 0.119 e. The molecule has 0 aliphatic carbocycles. The van der Waals surface area contributed by atoms with E-state index >= 15 is 0 Å². The normalized spacial score (nSPS) is 12.1. The number of aliphatic hydroxyl groups is 1. The lowest BCUT2D eigenvalue weighted by Gasteiger charge is -2.20. The fraction of sp³-hybridized carbons (Fsp3) is 0.727. The molecule has 0 aromatic carbocycles. The molecule has 0 atom stereocenters. The Kier molecular flexibility index (Phi) is 4.25. The van der Waals surface area contributed by atoms with Crippen LogP contribution in [-0.2, 0) is 19.6 Å². The van der Waals surface area contributed by atoms with E-state index in [-0.39, 0.29) is 12.1 Å². The first-order chi connectivity index (χ1) is 6.96. The van der Waals surface area contributed by atoms with Crippen molar-refractivity contribution < 1.29 is 5.11 Å². The van der Waals surface area contributed by atoms with Gasteiger partial charge < -0.3 is 10.4 Å². The van der Waals surface area contributed by atoms with E-state index in [1.165, 1.54) is 4.88 Å². The highest BCUT2D eigenvalue weighted by Crippen LogP contribution is 2.20. The minimum atomic E-state index is 0.0488. The Bertz CT molecular complexity index is 315. The molecule has 0 aliphatic rings. The van der Waals surface area contributed by atoms with Crippen LogP contribution in [0.5, 0.6) is 0 Å². The van der Waals surface area contributed by atoms with E-state index in [1.807, 2.05) is 0 Å². The molecule has 0 fully saturated rings. The third-order valence-corrected chi connectivity index (χ3v) is 3.15. The zero-order valence-electron chi connectivity index (χ0n) is 9.92. The number of thiazole rings is 1. The topological polar surface area (TPSA) is 45.2 Å². The van der Waals surface area contributed by atoms with Gasteiger partial charge in [0.2, 0.25) is 0 Å². The van der Waals surface area contributed by atoms with Crippen molar-refractivity contribution in [2.75, 3.05) is 0 Å². The maximum absolute atomic E-state index is 9.03. The molecule has 0 amide bonds. The zero-order valence-corrected chi connectivity index (χ0v) is 10.7. The van der Waals surface area contributed by atoms with Crippen molar-refractivity contribution >= 4 is 11.3 Å². The second-order valence-corrected chi connectivity index (χ2v) is 5.76. The summed E-state index contributed by atoms with van der Waals surface area (Å²) < 4.78 is 0. The first-order valence-corrected chi connectivity index (χ1v) is 6.11. The molecule has 1 aromatic rings. The number of rotatable bonds is 4. The summed E-state index contributed by atoms with van der Waals surface area (Å²) in [5, 5.41) is 13.3. The van der Waals surface area contributed by atoms with Crippen LogP contribution in [0.1, 0.15) is 43.3 Å². The van der Waals surface area contributed by atoms with E-state index < -0.39 is 0 Å². The molecular formula is C11H20N2OS. The molecule has 0 unspecified atom stereocenters. The average Bonchev–Trinajstić information content (AvgIpc) is 2.56. The summed E-state index contributed by atoms with van der Waals surface area (Å²) in [4.78, 5) is 5.62. The Morgan fingerprint density at radius 3 is 2.53 bits per heavy atom. The van der Waals surface area contributed by atoms with Crippen molar-refractivity contribution in [3.63, 3.8) is 0 Å². The molecule has 1 heterocycles. The minimum Gasteiger partial charge on any atom is -0.389 e. The quantitative estimate of drug-likeness (QED) is 0.829. The second kappa shape index (κ2) is 5.05. The summed E-state index contributed by atoms with van der Waals surface area (Å²) in [6.07, 6.45) is 0.928. The molecule has 15 heavy (non-hydrogen) atoms. The van der Waals surface area contributed by atoms with Crippen LogP contribution in [0.15, 0.2) is 0 Å². The van der Waals surface area contributed by atoms with Gasteiger partial charge in [0.1, 0.15) is 5.01 Å². The van der Waals surface area contributed by atoms with Gasteiger partial charge in [-0.2, -0.15) is 0 Å². The summed E-state index contributed by atoms with van der Waals surface area (Å²) >= 11 is 1.60. The Morgan fingerprint density at radius 2 is 2.07 bits per heavy atom. The van der Waals surface area contributed by atoms with Crippen LogP contribution in [0.2, 0.25) is 0 Å². The second-order valence-electron chi connectivity index (χ2n) is 4.59. The summed E-state index contributed by atoms with van der Waals surface area (Å²) in [5.74, 6) is 0. The first kappa shape index (κ1) is 12.6. The van der Waals surface area contributed by atoms with Gasteiger partial charge in [0.05, 0.1) is 12.3 Å². The fourth-order valence-corrected chi connectivity index (χ4v) is 2.22. The van der Waals surface area contributed by atoms with Gasteiger partial charge in [-0.3, -0.25) is 0 Å². The average molecular weight is 228 g/mol. The Balaban J connectivity index is 2.71. The number of hydrogen-bond acceptors (Lipinski definition) is 4. The molecule has 4 heteroatoms. The van der Waals surface area contributed by atoms with E-state index in [4.69, 9.17) is 5.11 Å². The maximum atomic E-state index is 9.03. The number of aryl methyl sites for hydroxylation is 1. The molecule has 0 saturated heterocycles. The Hall–Kier alpha value is -0.450. The third-order valence-electron chi connectivity index (χ3n) is 2.07. The van der Waals surface area contributed by atoms with Gasteiger partial charge in [-0.05, 0) is 27.2 Å². The van der Waals surface area contributed by atoms with Crippen LogP contribution < -0.4 is 5.32 Å². The SMILES string of the molecule is CCc1nc(CO)sc1CNC(C)(C)C. The maximum Gasteiger partial charge on any atom is 0.119 e. The van der Waals surface area contributed by atoms with Crippen LogP contribution in [-0.4, -0.2) is 15.6 Å². The molecule has 0 radical (unpaired) electrons. The summed E-state index contributed by atoms with van der Waals surface area (Å²) in [6, 6.07) is 0. The molecule has 1 rings (SSSR count). The van der Waals surface area contributed by atoms with Gasteiger partial charge in [0, 0.05) is 17.0 Å². The first-order valence-electron chi connectivity index (χ1n) is 5.29. The van der Waals surface area contributed by atoms with E-state index in [9.17, 15) is 0 Å². The highest BCUT2D eigenvalue weighted by Gasteiger charge is 2.13. The molecule has 2 N–H and O–H groups in total. The van der Waals surface area contributed by atoms with Crippen LogP contribution in [0, 0.1) is 0 Å². The molecule has 0 bridgehead atoms.